The molecule has 0 radical (unpaired) electrons. The Morgan fingerprint density at radius 2 is 2.10 bits per heavy atom. The lowest BCUT2D eigenvalue weighted by Crippen LogP contribution is -2.44. The zero-order valence-corrected chi connectivity index (χ0v) is 12.3. The number of fused-ring (bicyclic) bond motifs is 1. The van der Waals surface area contributed by atoms with Crippen LogP contribution in [-0.4, -0.2) is 18.7 Å². The Hall–Kier alpha value is -2.20. The molecule has 0 saturated heterocycles. The predicted octanol–water partition coefficient (Wildman–Crippen LogP) is 4.16. The second-order valence-corrected chi connectivity index (χ2v) is 5.38. The van der Waals surface area contributed by atoms with Crippen LogP contribution in [0.4, 0.5) is 16.2 Å². The summed E-state index contributed by atoms with van der Waals surface area (Å²) < 4.78 is 5.74. The van der Waals surface area contributed by atoms with Crippen molar-refractivity contribution in [1.82, 2.24) is 0 Å². The molecule has 2 aromatic rings. The van der Waals surface area contributed by atoms with Crippen molar-refractivity contribution in [1.29, 1.82) is 0 Å². The van der Waals surface area contributed by atoms with Crippen LogP contribution in [0, 0.1) is 0 Å². The van der Waals surface area contributed by atoms with E-state index in [1.807, 2.05) is 31.2 Å². The highest BCUT2D eigenvalue weighted by Gasteiger charge is 2.27. The molecule has 1 N–H and O–H groups in total. The summed E-state index contributed by atoms with van der Waals surface area (Å²) in [6.45, 7) is 2.44. The molecule has 0 saturated carbocycles. The lowest BCUT2D eigenvalue weighted by Gasteiger charge is -2.33. The molecule has 0 fully saturated rings. The highest BCUT2D eigenvalue weighted by atomic mass is 35.5. The van der Waals surface area contributed by atoms with Crippen molar-refractivity contribution in [2.24, 2.45) is 0 Å². The first-order chi connectivity index (χ1) is 10.1. The Morgan fingerprint density at radius 1 is 1.29 bits per heavy atom. The van der Waals surface area contributed by atoms with Crippen molar-refractivity contribution in [2.75, 3.05) is 16.8 Å². The first-order valence-corrected chi connectivity index (χ1v) is 7.11. The van der Waals surface area contributed by atoms with E-state index in [1.54, 1.807) is 29.2 Å². The molecule has 2 amide bonds. The van der Waals surface area contributed by atoms with Crippen molar-refractivity contribution in [2.45, 2.75) is 13.0 Å². The maximum Gasteiger partial charge on any atom is 0.326 e. The topological polar surface area (TPSA) is 41.6 Å². The third-order valence-corrected chi connectivity index (χ3v) is 3.48. The van der Waals surface area contributed by atoms with Crippen LogP contribution in [0.15, 0.2) is 48.5 Å². The Morgan fingerprint density at radius 3 is 2.90 bits per heavy atom. The van der Waals surface area contributed by atoms with Gasteiger partial charge < -0.3 is 10.1 Å². The van der Waals surface area contributed by atoms with Gasteiger partial charge in [-0.05, 0) is 37.3 Å². The largest absolute Gasteiger partial charge is 0.487 e. The van der Waals surface area contributed by atoms with Crippen LogP contribution in [0.1, 0.15) is 6.92 Å². The third-order valence-electron chi connectivity index (χ3n) is 3.24. The molecular weight excluding hydrogens is 288 g/mol. The number of carbonyl (C=O) groups excluding carboxylic acids is 1. The van der Waals surface area contributed by atoms with Crippen molar-refractivity contribution < 1.29 is 9.53 Å². The van der Waals surface area contributed by atoms with E-state index in [0.29, 0.717) is 17.3 Å². The average Bonchev–Trinajstić information content (AvgIpc) is 2.46. The molecule has 1 heterocycles. The second-order valence-electron chi connectivity index (χ2n) is 4.95. The first kappa shape index (κ1) is 13.8. The lowest BCUT2D eigenvalue weighted by molar-refractivity contribution is 0.208. The molecule has 0 spiro atoms. The Kier molecular flexibility index (Phi) is 3.71. The molecule has 108 valence electrons. The molecule has 0 bridgehead atoms. The quantitative estimate of drug-likeness (QED) is 0.859. The van der Waals surface area contributed by atoms with E-state index in [0.717, 1.165) is 11.4 Å². The normalized spacial score (nSPS) is 16.9. The van der Waals surface area contributed by atoms with E-state index in [2.05, 4.69) is 5.32 Å². The van der Waals surface area contributed by atoms with Gasteiger partial charge in [-0.1, -0.05) is 29.8 Å². The number of ether oxygens (including phenoxy) is 1. The summed E-state index contributed by atoms with van der Waals surface area (Å²) in [5, 5.41) is 3.45. The first-order valence-electron chi connectivity index (χ1n) is 6.73. The number of nitrogens with one attached hydrogen (secondary N) is 1. The lowest BCUT2D eigenvalue weighted by atomic mass is 10.2. The second kappa shape index (κ2) is 5.66. The van der Waals surface area contributed by atoms with Crippen molar-refractivity contribution in [3.05, 3.63) is 53.6 Å². The molecule has 21 heavy (non-hydrogen) atoms. The number of anilines is 2. The van der Waals surface area contributed by atoms with Crippen molar-refractivity contribution >= 4 is 29.0 Å². The third kappa shape index (κ3) is 2.95. The molecule has 4 nitrogen and oxygen atoms in total. The van der Waals surface area contributed by atoms with Gasteiger partial charge in [0, 0.05) is 10.7 Å². The summed E-state index contributed by atoms with van der Waals surface area (Å²) in [5.74, 6) is 0.720. The SMILES string of the molecule is C[C@@H]1CN(C(=O)Nc2cccc(Cl)c2)c2ccccc2O1. The average molecular weight is 303 g/mol. The maximum absolute atomic E-state index is 12.5. The highest BCUT2D eigenvalue weighted by Crippen LogP contribution is 2.33. The monoisotopic (exact) mass is 302 g/mol. The Bertz CT molecular complexity index is 675. The van der Waals surface area contributed by atoms with Crippen LogP contribution in [0.5, 0.6) is 5.75 Å². The van der Waals surface area contributed by atoms with Crippen LogP contribution in [-0.2, 0) is 0 Å². The van der Waals surface area contributed by atoms with Crippen LogP contribution in [0.3, 0.4) is 0 Å². The zero-order valence-electron chi connectivity index (χ0n) is 11.5. The van der Waals surface area contributed by atoms with E-state index < -0.39 is 0 Å². The van der Waals surface area contributed by atoms with Gasteiger partial charge in [-0.2, -0.15) is 0 Å². The number of benzene rings is 2. The number of hydrogen-bond acceptors (Lipinski definition) is 2. The molecule has 1 aliphatic heterocycles. The fourth-order valence-electron chi connectivity index (χ4n) is 2.34. The summed E-state index contributed by atoms with van der Waals surface area (Å²) in [6, 6.07) is 14.4. The number of nitrogens with zero attached hydrogens (tertiary/aromatic N) is 1. The Labute approximate surface area is 128 Å². The minimum atomic E-state index is -0.195. The van der Waals surface area contributed by atoms with E-state index in [9.17, 15) is 4.79 Å². The molecule has 0 aromatic heterocycles. The predicted molar refractivity (Wildman–Crippen MR) is 84.3 cm³/mol. The van der Waals surface area contributed by atoms with Gasteiger partial charge in [0.15, 0.2) is 0 Å². The van der Waals surface area contributed by atoms with Gasteiger partial charge in [0.1, 0.15) is 11.9 Å². The van der Waals surface area contributed by atoms with Crippen molar-refractivity contribution in [3.8, 4) is 5.75 Å². The minimum absolute atomic E-state index is 0.0509. The number of carbonyl (C=O) groups is 1. The smallest absolute Gasteiger partial charge is 0.326 e. The van der Waals surface area contributed by atoms with E-state index in [-0.39, 0.29) is 12.1 Å². The maximum atomic E-state index is 12.5. The molecule has 1 atom stereocenters. The summed E-state index contributed by atoms with van der Waals surface area (Å²) in [4.78, 5) is 14.2. The number of urea groups is 1. The van der Waals surface area contributed by atoms with Crippen LogP contribution in [0.2, 0.25) is 5.02 Å². The van der Waals surface area contributed by atoms with Gasteiger partial charge in [-0.25, -0.2) is 4.79 Å². The molecule has 3 rings (SSSR count). The van der Waals surface area contributed by atoms with E-state index >= 15 is 0 Å². The van der Waals surface area contributed by atoms with Crippen LogP contribution in [0.25, 0.3) is 0 Å². The molecule has 5 heteroatoms. The summed E-state index contributed by atoms with van der Waals surface area (Å²) >= 11 is 5.93. The summed E-state index contributed by atoms with van der Waals surface area (Å²) in [5.41, 5.74) is 1.44. The molecule has 1 aliphatic rings. The molecule has 0 unspecified atom stereocenters. The van der Waals surface area contributed by atoms with Gasteiger partial charge in [0.25, 0.3) is 0 Å². The highest BCUT2D eigenvalue weighted by molar-refractivity contribution is 6.30. The number of para-hydroxylation sites is 2. The molecule has 0 aliphatic carbocycles. The standard InChI is InChI=1S/C16H15ClN2O2/c1-11-10-19(14-7-2-3-8-15(14)21-11)16(20)18-13-6-4-5-12(17)9-13/h2-9,11H,10H2,1H3,(H,18,20)/t11-/m1/s1. The number of rotatable bonds is 1. The zero-order chi connectivity index (χ0) is 14.8. The Balaban J connectivity index is 1.85. The van der Waals surface area contributed by atoms with Gasteiger partial charge in [-0.3, -0.25) is 4.90 Å². The molecular formula is C16H15ClN2O2. The van der Waals surface area contributed by atoms with E-state index in [1.165, 1.54) is 0 Å². The van der Waals surface area contributed by atoms with Gasteiger partial charge in [0.05, 0.1) is 12.2 Å². The van der Waals surface area contributed by atoms with Gasteiger partial charge in [-0.15, -0.1) is 0 Å². The van der Waals surface area contributed by atoms with Gasteiger partial charge in [0.2, 0.25) is 0 Å². The van der Waals surface area contributed by atoms with Crippen LogP contribution >= 0.6 is 11.6 Å². The summed E-state index contributed by atoms with van der Waals surface area (Å²) in [6.07, 6.45) is -0.0509. The van der Waals surface area contributed by atoms with Crippen molar-refractivity contribution in [3.63, 3.8) is 0 Å². The number of amides is 2. The van der Waals surface area contributed by atoms with E-state index in [4.69, 9.17) is 16.3 Å². The number of hydrogen-bond donors (Lipinski definition) is 1. The molecule has 2 aromatic carbocycles. The number of halogens is 1. The summed E-state index contributed by atoms with van der Waals surface area (Å²) in [7, 11) is 0. The fourth-order valence-corrected chi connectivity index (χ4v) is 2.53. The fraction of sp³-hybridized carbons (Fsp3) is 0.188. The van der Waals surface area contributed by atoms with Gasteiger partial charge >= 0.3 is 6.03 Å². The van der Waals surface area contributed by atoms with Crippen LogP contribution < -0.4 is 15.0 Å². The minimum Gasteiger partial charge on any atom is -0.487 e.